The van der Waals surface area contributed by atoms with Crippen molar-refractivity contribution < 1.29 is 19.4 Å². The van der Waals surface area contributed by atoms with Crippen LogP contribution in [-0.2, 0) is 17.6 Å². The minimum atomic E-state index is -1.05. The van der Waals surface area contributed by atoms with E-state index in [2.05, 4.69) is 49.7 Å². The molecular weight excluding hydrogens is 582 g/mol. The second-order valence-electron chi connectivity index (χ2n) is 12.2. The van der Waals surface area contributed by atoms with Gasteiger partial charge in [-0.05, 0) is 72.9 Å². The van der Waals surface area contributed by atoms with Crippen LogP contribution in [-0.4, -0.2) is 73.1 Å². The molecule has 238 valence electrons. The van der Waals surface area contributed by atoms with Crippen molar-refractivity contribution in [1.82, 2.24) is 9.88 Å². The third-order valence-corrected chi connectivity index (χ3v) is 9.13. The first-order valence-electron chi connectivity index (χ1n) is 16.0. The molecule has 2 fully saturated rings. The van der Waals surface area contributed by atoms with E-state index in [1.54, 1.807) is 6.07 Å². The Hall–Kier alpha value is -4.80. The van der Waals surface area contributed by atoms with Crippen LogP contribution in [0, 0.1) is 0 Å². The topological polar surface area (TPSA) is 119 Å². The first kappa shape index (κ1) is 29.9. The monoisotopic (exact) mass is 621 g/mol. The summed E-state index contributed by atoms with van der Waals surface area (Å²) < 4.78 is 12.0. The largest absolute Gasteiger partial charge is 0.465 e. The normalized spacial score (nSPS) is 16.7. The number of nitrogens with zero attached hydrogens (tertiary/aromatic N) is 2. The van der Waals surface area contributed by atoms with E-state index in [-0.39, 0.29) is 5.56 Å². The summed E-state index contributed by atoms with van der Waals surface area (Å²) in [5.41, 5.74) is 7.56. The Morgan fingerprint density at radius 2 is 1.70 bits per heavy atom. The number of likely N-dealkylation sites (tertiary alicyclic amines) is 1. The van der Waals surface area contributed by atoms with Gasteiger partial charge in [0, 0.05) is 79.4 Å². The summed E-state index contributed by atoms with van der Waals surface area (Å²) in [6.07, 6.45) is 2.79. The zero-order chi connectivity index (χ0) is 31.5. The highest BCUT2D eigenvalue weighted by atomic mass is 16.5. The third-order valence-electron chi connectivity index (χ3n) is 9.13. The number of hydrogen-bond acceptors (Lipinski definition) is 7. The van der Waals surface area contributed by atoms with Gasteiger partial charge in [-0.15, -0.1) is 0 Å². The lowest BCUT2D eigenvalue weighted by molar-refractivity contribution is 0.122. The number of morpholine rings is 1. The van der Waals surface area contributed by atoms with Crippen LogP contribution in [0.4, 0.5) is 21.9 Å². The van der Waals surface area contributed by atoms with Gasteiger partial charge in [0.05, 0.1) is 18.9 Å². The van der Waals surface area contributed by atoms with Gasteiger partial charge < -0.3 is 34.7 Å². The summed E-state index contributed by atoms with van der Waals surface area (Å²) in [5, 5.41) is 15.0. The standard InChI is InChI=1S/C36H39N5O5/c42-34-23-30(41-16-18-45-19-17-41)22-32(39-34)31-3-1-2-25-20-26-21-29(8-9-33(26)46-35(25)31)37-28-11-14-40(15-12-28)13-10-24-4-6-27(7-5-24)38-36(43)44/h1-9,21-23,28,37-38H,10-20H2,(H,39,42)(H,43,44). The Bertz CT molecular complexity index is 1760. The molecule has 0 spiro atoms. The second-order valence-corrected chi connectivity index (χ2v) is 12.2. The number of ether oxygens (including phenoxy) is 2. The molecule has 0 atom stereocenters. The molecule has 0 radical (unpaired) electrons. The highest BCUT2D eigenvalue weighted by Gasteiger charge is 2.24. The molecule has 1 amide bonds. The average molecular weight is 622 g/mol. The van der Waals surface area contributed by atoms with Gasteiger partial charge in [-0.3, -0.25) is 10.1 Å². The second kappa shape index (κ2) is 13.3. The summed E-state index contributed by atoms with van der Waals surface area (Å²) in [4.78, 5) is 31.2. The number of H-pyrrole nitrogens is 1. The van der Waals surface area contributed by atoms with E-state index < -0.39 is 6.09 Å². The van der Waals surface area contributed by atoms with Crippen molar-refractivity contribution in [3.05, 3.63) is 99.8 Å². The molecule has 10 heteroatoms. The first-order valence-corrected chi connectivity index (χ1v) is 16.0. The number of aromatic amines is 1. The Morgan fingerprint density at radius 3 is 2.48 bits per heavy atom. The first-order chi connectivity index (χ1) is 22.5. The van der Waals surface area contributed by atoms with E-state index in [9.17, 15) is 9.59 Å². The molecule has 3 aliphatic rings. The van der Waals surface area contributed by atoms with Crippen LogP contribution in [0.3, 0.4) is 0 Å². The van der Waals surface area contributed by atoms with Crippen molar-refractivity contribution in [2.45, 2.75) is 31.7 Å². The van der Waals surface area contributed by atoms with Crippen molar-refractivity contribution >= 4 is 23.2 Å². The number of fused-ring (bicyclic) bond motifs is 2. The molecule has 4 heterocycles. The zero-order valence-electron chi connectivity index (χ0n) is 25.8. The van der Waals surface area contributed by atoms with E-state index in [1.165, 1.54) is 5.56 Å². The lowest BCUT2D eigenvalue weighted by atomic mass is 9.95. The lowest BCUT2D eigenvalue weighted by Gasteiger charge is -2.33. The van der Waals surface area contributed by atoms with Crippen molar-refractivity contribution in [2.24, 2.45) is 0 Å². The van der Waals surface area contributed by atoms with Crippen LogP contribution in [0.15, 0.2) is 77.6 Å². The van der Waals surface area contributed by atoms with Crippen LogP contribution in [0.5, 0.6) is 11.5 Å². The van der Waals surface area contributed by atoms with Crippen LogP contribution in [0.25, 0.3) is 11.3 Å². The number of hydrogen-bond donors (Lipinski definition) is 4. The van der Waals surface area contributed by atoms with Crippen molar-refractivity contribution in [1.29, 1.82) is 0 Å². The SMILES string of the molecule is O=C(O)Nc1ccc(CCN2CCC(Nc3ccc4c(c3)Cc3cccc(-c5cc(N6CCOCC6)cc(=O)[nH]5)c3O4)CC2)cc1. The fourth-order valence-corrected chi connectivity index (χ4v) is 6.66. The summed E-state index contributed by atoms with van der Waals surface area (Å²) in [6.45, 7) is 5.91. The lowest BCUT2D eigenvalue weighted by Crippen LogP contribution is -2.40. The predicted octanol–water partition coefficient (Wildman–Crippen LogP) is 5.78. The number of benzene rings is 3. The number of anilines is 3. The van der Waals surface area contributed by atoms with E-state index >= 15 is 0 Å². The summed E-state index contributed by atoms with van der Waals surface area (Å²) in [6, 6.07) is 24.2. The van der Waals surface area contributed by atoms with Crippen LogP contribution in [0.1, 0.15) is 29.5 Å². The maximum Gasteiger partial charge on any atom is 0.409 e. The van der Waals surface area contributed by atoms with E-state index in [0.717, 1.165) is 104 Å². The molecular formula is C36H39N5O5. The Kier molecular flexibility index (Phi) is 8.63. The number of rotatable bonds is 8. The number of piperidine rings is 1. The quantitative estimate of drug-likeness (QED) is 0.172. The van der Waals surface area contributed by atoms with Gasteiger partial charge in [-0.1, -0.05) is 24.3 Å². The maximum atomic E-state index is 12.7. The van der Waals surface area contributed by atoms with Gasteiger partial charge in [0.2, 0.25) is 5.56 Å². The molecule has 0 aliphatic carbocycles. The molecule has 4 N–H and O–H groups in total. The third kappa shape index (κ3) is 6.88. The number of aromatic nitrogens is 1. The Morgan fingerprint density at radius 1 is 0.913 bits per heavy atom. The summed E-state index contributed by atoms with van der Waals surface area (Å²) >= 11 is 0. The molecule has 10 nitrogen and oxygen atoms in total. The van der Waals surface area contributed by atoms with Gasteiger partial charge in [-0.2, -0.15) is 0 Å². The minimum Gasteiger partial charge on any atom is -0.465 e. The van der Waals surface area contributed by atoms with Gasteiger partial charge in [-0.25, -0.2) is 4.79 Å². The van der Waals surface area contributed by atoms with Crippen molar-refractivity contribution in [3.63, 3.8) is 0 Å². The maximum absolute atomic E-state index is 12.7. The van der Waals surface area contributed by atoms with E-state index in [1.807, 2.05) is 42.5 Å². The Labute approximate surface area is 268 Å². The molecule has 3 aromatic carbocycles. The van der Waals surface area contributed by atoms with Crippen molar-refractivity contribution in [3.8, 4) is 22.8 Å². The number of amides is 1. The summed E-state index contributed by atoms with van der Waals surface area (Å²) in [5.74, 6) is 1.64. The highest BCUT2D eigenvalue weighted by Crippen LogP contribution is 2.43. The van der Waals surface area contributed by atoms with Gasteiger partial charge in [0.1, 0.15) is 11.5 Å². The number of carbonyl (C=O) groups is 1. The minimum absolute atomic E-state index is 0.128. The van der Waals surface area contributed by atoms with Gasteiger partial charge in [0.25, 0.3) is 0 Å². The van der Waals surface area contributed by atoms with Crippen LogP contribution < -0.4 is 25.8 Å². The molecule has 0 saturated carbocycles. The highest BCUT2D eigenvalue weighted by molar-refractivity contribution is 5.82. The fraction of sp³-hybridized carbons (Fsp3) is 0.333. The molecule has 0 bridgehead atoms. The average Bonchev–Trinajstić information content (AvgIpc) is 3.07. The molecule has 3 aliphatic heterocycles. The number of pyridine rings is 1. The van der Waals surface area contributed by atoms with E-state index in [0.29, 0.717) is 24.9 Å². The fourth-order valence-electron chi connectivity index (χ4n) is 6.66. The molecule has 4 aromatic rings. The molecule has 0 unspecified atom stereocenters. The number of nitrogens with one attached hydrogen (secondary N) is 3. The summed E-state index contributed by atoms with van der Waals surface area (Å²) in [7, 11) is 0. The van der Waals surface area contributed by atoms with Gasteiger partial charge in [0.15, 0.2) is 0 Å². The molecule has 46 heavy (non-hydrogen) atoms. The van der Waals surface area contributed by atoms with Crippen LogP contribution >= 0.6 is 0 Å². The van der Waals surface area contributed by atoms with Gasteiger partial charge >= 0.3 is 6.09 Å². The number of para-hydroxylation sites is 1. The Balaban J connectivity index is 0.963. The molecule has 7 rings (SSSR count). The smallest absolute Gasteiger partial charge is 0.409 e. The molecule has 1 aromatic heterocycles. The predicted molar refractivity (Wildman–Crippen MR) is 180 cm³/mol. The zero-order valence-corrected chi connectivity index (χ0v) is 25.8. The van der Waals surface area contributed by atoms with Crippen molar-refractivity contribution in [2.75, 3.05) is 61.5 Å². The van der Waals surface area contributed by atoms with E-state index in [4.69, 9.17) is 14.6 Å². The van der Waals surface area contributed by atoms with Crippen LogP contribution in [0.2, 0.25) is 0 Å². The molecule has 2 saturated heterocycles. The number of carboxylic acid groups (broad SMARTS) is 1.